The predicted molar refractivity (Wildman–Crippen MR) is 97.8 cm³/mol. The average molecular weight is 437 g/mol. The Morgan fingerprint density at radius 1 is 1.31 bits per heavy atom. The van der Waals surface area contributed by atoms with Crippen LogP contribution in [0.1, 0.15) is 24.4 Å². The summed E-state index contributed by atoms with van der Waals surface area (Å²) in [6.45, 7) is -0.384. The first-order valence-electron chi connectivity index (χ1n) is 9.21. The zero-order valence-corrected chi connectivity index (χ0v) is 16.1. The second kappa shape index (κ2) is 8.74. The third kappa shape index (κ3) is 5.72. The standard InChI is InChI=1S/C18H21ClF4N4O2/c19-12-7-11(1-2-13(12)20)15(26-16(28)14-8-24-17(29)25-14)10-3-5-27(6-4-10)9-18(21,22)23/h1-2,7,10,14-15H,3-6,8-9H2,(H,26,28)(H2,24,25,29). The second-order valence-corrected chi connectivity index (χ2v) is 7.70. The molecule has 2 heterocycles. The highest BCUT2D eigenvalue weighted by molar-refractivity contribution is 6.30. The maximum atomic E-state index is 13.6. The zero-order chi connectivity index (χ0) is 21.2. The van der Waals surface area contributed by atoms with Crippen molar-refractivity contribution in [3.8, 4) is 0 Å². The fraction of sp³-hybridized carbons (Fsp3) is 0.556. The number of carbonyl (C=O) groups excluding carboxylic acids is 2. The van der Waals surface area contributed by atoms with Crippen molar-refractivity contribution < 1.29 is 27.2 Å². The summed E-state index contributed by atoms with van der Waals surface area (Å²) in [5.41, 5.74) is 0.566. The van der Waals surface area contributed by atoms with Crippen LogP contribution < -0.4 is 16.0 Å². The monoisotopic (exact) mass is 436 g/mol. The summed E-state index contributed by atoms with van der Waals surface area (Å²) in [6, 6.07) is 2.33. The molecule has 2 aliphatic heterocycles. The summed E-state index contributed by atoms with van der Waals surface area (Å²) in [5.74, 6) is -1.19. The van der Waals surface area contributed by atoms with Gasteiger partial charge in [-0.1, -0.05) is 17.7 Å². The van der Waals surface area contributed by atoms with Crippen molar-refractivity contribution in [2.45, 2.75) is 31.1 Å². The Balaban J connectivity index is 1.73. The summed E-state index contributed by atoms with van der Waals surface area (Å²) in [4.78, 5) is 25.2. The third-order valence-electron chi connectivity index (χ3n) is 5.20. The van der Waals surface area contributed by atoms with Crippen LogP contribution in [0.4, 0.5) is 22.4 Å². The number of halogens is 5. The molecule has 0 radical (unpaired) electrons. The quantitative estimate of drug-likeness (QED) is 0.621. The topological polar surface area (TPSA) is 73.5 Å². The highest BCUT2D eigenvalue weighted by Crippen LogP contribution is 2.33. The highest BCUT2D eigenvalue weighted by Gasteiger charge is 2.36. The number of likely N-dealkylation sites (tertiary alicyclic amines) is 1. The van der Waals surface area contributed by atoms with Crippen LogP contribution in [0.5, 0.6) is 0 Å². The number of amides is 3. The third-order valence-corrected chi connectivity index (χ3v) is 5.49. The molecule has 6 nitrogen and oxygen atoms in total. The van der Waals surface area contributed by atoms with E-state index in [1.54, 1.807) is 0 Å². The number of nitrogens with one attached hydrogen (secondary N) is 3. The number of piperidine rings is 1. The summed E-state index contributed by atoms with van der Waals surface area (Å²) in [5, 5.41) is 7.73. The zero-order valence-electron chi connectivity index (χ0n) is 15.4. The van der Waals surface area contributed by atoms with Crippen molar-refractivity contribution in [3.05, 3.63) is 34.6 Å². The minimum Gasteiger partial charge on any atom is -0.347 e. The molecule has 160 valence electrons. The minimum atomic E-state index is -4.27. The first-order chi connectivity index (χ1) is 13.6. The maximum absolute atomic E-state index is 13.6. The molecule has 1 aromatic carbocycles. The van der Waals surface area contributed by atoms with Gasteiger partial charge in [0.05, 0.1) is 17.6 Å². The van der Waals surface area contributed by atoms with E-state index in [0.29, 0.717) is 18.4 Å². The number of nitrogens with zero attached hydrogens (tertiary/aromatic N) is 1. The molecule has 0 bridgehead atoms. The second-order valence-electron chi connectivity index (χ2n) is 7.30. The Morgan fingerprint density at radius 2 is 2.00 bits per heavy atom. The van der Waals surface area contributed by atoms with E-state index in [0.717, 1.165) is 0 Å². The minimum absolute atomic E-state index is 0.105. The van der Waals surface area contributed by atoms with Crippen LogP contribution in [0, 0.1) is 11.7 Å². The Morgan fingerprint density at radius 3 is 2.55 bits per heavy atom. The van der Waals surface area contributed by atoms with Crippen molar-refractivity contribution in [2.24, 2.45) is 5.92 Å². The van der Waals surface area contributed by atoms with Crippen LogP contribution in [0.2, 0.25) is 5.02 Å². The van der Waals surface area contributed by atoms with E-state index in [1.807, 2.05) is 0 Å². The average Bonchev–Trinajstić information content (AvgIpc) is 3.08. The lowest BCUT2D eigenvalue weighted by Crippen LogP contribution is -2.48. The molecule has 0 spiro atoms. The van der Waals surface area contributed by atoms with Gasteiger partial charge in [0.1, 0.15) is 11.9 Å². The van der Waals surface area contributed by atoms with Gasteiger partial charge < -0.3 is 16.0 Å². The van der Waals surface area contributed by atoms with Crippen molar-refractivity contribution in [1.29, 1.82) is 0 Å². The van der Waals surface area contributed by atoms with Crippen LogP contribution in [0.3, 0.4) is 0 Å². The number of hydrogen-bond acceptors (Lipinski definition) is 3. The predicted octanol–water partition coefficient (Wildman–Crippen LogP) is 2.59. The lowest BCUT2D eigenvalue weighted by Gasteiger charge is -2.37. The van der Waals surface area contributed by atoms with Crippen LogP contribution in [-0.4, -0.2) is 55.2 Å². The van der Waals surface area contributed by atoms with Gasteiger partial charge in [-0.25, -0.2) is 9.18 Å². The van der Waals surface area contributed by atoms with Crippen molar-refractivity contribution in [1.82, 2.24) is 20.9 Å². The first kappa shape index (κ1) is 21.6. The molecule has 0 saturated carbocycles. The van der Waals surface area contributed by atoms with E-state index in [2.05, 4.69) is 16.0 Å². The lowest BCUT2D eigenvalue weighted by molar-refractivity contribution is -0.148. The fourth-order valence-corrected chi connectivity index (χ4v) is 3.93. The van der Waals surface area contributed by atoms with Gasteiger partial charge in [-0.05, 0) is 49.5 Å². The van der Waals surface area contributed by atoms with E-state index < -0.39 is 42.6 Å². The number of rotatable bonds is 5. The molecule has 3 N–H and O–H groups in total. The van der Waals surface area contributed by atoms with E-state index >= 15 is 0 Å². The lowest BCUT2D eigenvalue weighted by atomic mass is 9.85. The molecule has 2 aliphatic rings. The Kier molecular flexibility index (Phi) is 6.52. The molecule has 0 aliphatic carbocycles. The van der Waals surface area contributed by atoms with Crippen LogP contribution in [0.25, 0.3) is 0 Å². The Hall–Kier alpha value is -2.07. The molecule has 3 amide bonds. The van der Waals surface area contributed by atoms with Crippen LogP contribution in [0.15, 0.2) is 18.2 Å². The molecule has 2 fully saturated rings. The van der Waals surface area contributed by atoms with Crippen LogP contribution in [-0.2, 0) is 4.79 Å². The Labute approximate surface area is 169 Å². The van der Waals surface area contributed by atoms with Gasteiger partial charge in [-0.3, -0.25) is 9.69 Å². The molecule has 2 atom stereocenters. The van der Waals surface area contributed by atoms with E-state index in [-0.39, 0.29) is 30.6 Å². The van der Waals surface area contributed by atoms with Crippen LogP contribution >= 0.6 is 11.6 Å². The maximum Gasteiger partial charge on any atom is 0.401 e. The number of alkyl halides is 3. The smallest absolute Gasteiger partial charge is 0.347 e. The van der Waals surface area contributed by atoms with Gasteiger partial charge in [-0.2, -0.15) is 13.2 Å². The molecule has 0 aromatic heterocycles. The fourth-order valence-electron chi connectivity index (χ4n) is 3.74. The summed E-state index contributed by atoms with van der Waals surface area (Å²) >= 11 is 5.89. The van der Waals surface area contributed by atoms with Crippen molar-refractivity contribution in [2.75, 3.05) is 26.2 Å². The van der Waals surface area contributed by atoms with E-state index in [9.17, 15) is 27.2 Å². The molecule has 1 aromatic rings. The molecular formula is C18H21ClF4N4O2. The number of carbonyl (C=O) groups is 2. The molecule has 2 unspecified atom stereocenters. The van der Waals surface area contributed by atoms with Gasteiger partial charge in [0.2, 0.25) is 5.91 Å². The molecule has 2 saturated heterocycles. The molecule has 3 rings (SSSR count). The van der Waals surface area contributed by atoms with Crippen molar-refractivity contribution in [3.63, 3.8) is 0 Å². The number of benzene rings is 1. The Bertz CT molecular complexity index is 769. The van der Waals surface area contributed by atoms with Gasteiger partial charge in [0.15, 0.2) is 0 Å². The summed E-state index contributed by atoms with van der Waals surface area (Å²) in [6.07, 6.45) is -3.42. The van der Waals surface area contributed by atoms with Gasteiger partial charge in [0, 0.05) is 6.54 Å². The number of urea groups is 1. The summed E-state index contributed by atoms with van der Waals surface area (Å²) in [7, 11) is 0. The largest absolute Gasteiger partial charge is 0.401 e. The molecular weight excluding hydrogens is 416 g/mol. The number of hydrogen-bond donors (Lipinski definition) is 3. The van der Waals surface area contributed by atoms with E-state index in [1.165, 1.54) is 23.1 Å². The van der Waals surface area contributed by atoms with Gasteiger partial charge in [0.25, 0.3) is 0 Å². The summed E-state index contributed by atoms with van der Waals surface area (Å²) < 4.78 is 51.5. The molecule has 11 heteroatoms. The first-order valence-corrected chi connectivity index (χ1v) is 9.59. The van der Waals surface area contributed by atoms with E-state index in [4.69, 9.17) is 11.6 Å². The SMILES string of the molecule is O=C1NCC(C(=O)NC(c2ccc(F)c(Cl)c2)C2CCN(CC(F)(F)F)CC2)N1. The van der Waals surface area contributed by atoms with Gasteiger partial charge in [-0.15, -0.1) is 0 Å². The normalized spacial score (nSPS) is 22.1. The van der Waals surface area contributed by atoms with Crippen molar-refractivity contribution >= 4 is 23.5 Å². The molecule has 29 heavy (non-hydrogen) atoms. The van der Waals surface area contributed by atoms with Gasteiger partial charge >= 0.3 is 12.2 Å². The highest BCUT2D eigenvalue weighted by atomic mass is 35.5.